The van der Waals surface area contributed by atoms with Crippen LogP contribution in [0.2, 0.25) is 0 Å². The molecule has 0 saturated carbocycles. The first kappa shape index (κ1) is 19.8. The van der Waals surface area contributed by atoms with Crippen LogP contribution in [0.1, 0.15) is 36.0 Å². The maximum Gasteiger partial charge on any atom is 0.335 e. The molecule has 0 atom stereocenters. The van der Waals surface area contributed by atoms with Gasteiger partial charge in [-0.1, -0.05) is 31.0 Å². The van der Waals surface area contributed by atoms with Crippen molar-refractivity contribution in [1.29, 1.82) is 0 Å². The number of benzene rings is 2. The highest BCUT2D eigenvalue weighted by atomic mass is 32.2. The summed E-state index contributed by atoms with van der Waals surface area (Å²) in [6, 6.07) is 15.5. The van der Waals surface area contributed by atoms with E-state index in [9.17, 15) is 13.2 Å². The summed E-state index contributed by atoms with van der Waals surface area (Å²) in [4.78, 5) is 10.8. The number of hydrogen-bond acceptors (Lipinski definition) is 4. The zero-order chi connectivity index (χ0) is 18.8. The predicted molar refractivity (Wildman–Crippen MR) is 104 cm³/mol. The fraction of sp³-hybridized carbons (Fsp3) is 0.316. The predicted octanol–water partition coefficient (Wildman–Crippen LogP) is 3.80. The van der Waals surface area contributed by atoms with Gasteiger partial charge in [0.15, 0.2) is 0 Å². The van der Waals surface area contributed by atoms with Gasteiger partial charge in [0, 0.05) is 17.9 Å². The summed E-state index contributed by atoms with van der Waals surface area (Å²) in [6.45, 7) is 0.765. The Hall–Kier alpha value is -2.54. The third-order valence-corrected chi connectivity index (χ3v) is 5.22. The fourth-order valence-corrected chi connectivity index (χ4v) is 3.65. The van der Waals surface area contributed by atoms with Crippen LogP contribution in [-0.2, 0) is 10.0 Å². The Morgan fingerprint density at radius 2 is 1.50 bits per heavy atom. The van der Waals surface area contributed by atoms with Crippen LogP contribution in [0.5, 0.6) is 0 Å². The van der Waals surface area contributed by atoms with Crippen molar-refractivity contribution >= 4 is 27.4 Å². The van der Waals surface area contributed by atoms with Gasteiger partial charge in [0.1, 0.15) is 0 Å². The van der Waals surface area contributed by atoms with Gasteiger partial charge in [-0.25, -0.2) is 13.2 Å². The fourth-order valence-electron chi connectivity index (χ4n) is 2.47. The molecule has 0 fully saturated rings. The summed E-state index contributed by atoms with van der Waals surface area (Å²) in [6.07, 6.45) is 3.32. The minimum Gasteiger partial charge on any atom is -0.478 e. The van der Waals surface area contributed by atoms with Gasteiger partial charge in [0.05, 0.1) is 11.3 Å². The van der Waals surface area contributed by atoms with E-state index < -0.39 is 16.0 Å². The van der Waals surface area contributed by atoms with Crippen LogP contribution >= 0.6 is 0 Å². The maximum atomic E-state index is 12.0. The maximum absolute atomic E-state index is 12.0. The van der Waals surface area contributed by atoms with Crippen LogP contribution < -0.4 is 10.0 Å². The molecule has 140 valence electrons. The second-order valence-electron chi connectivity index (χ2n) is 6.01. The molecule has 0 bridgehead atoms. The topological polar surface area (TPSA) is 95.5 Å². The Morgan fingerprint density at radius 1 is 0.846 bits per heavy atom. The molecular formula is C19H24N2O4S. The SMILES string of the molecule is O=C(O)c1ccc(NCCCCCCS(=O)(=O)Nc2ccccc2)cc1. The molecule has 3 N–H and O–H groups in total. The molecule has 0 heterocycles. The highest BCUT2D eigenvalue weighted by molar-refractivity contribution is 7.92. The lowest BCUT2D eigenvalue weighted by molar-refractivity contribution is 0.0697. The summed E-state index contributed by atoms with van der Waals surface area (Å²) < 4.78 is 26.5. The van der Waals surface area contributed by atoms with Crippen molar-refractivity contribution in [2.75, 3.05) is 22.3 Å². The lowest BCUT2D eigenvalue weighted by Gasteiger charge is -2.08. The molecule has 0 aliphatic rings. The zero-order valence-electron chi connectivity index (χ0n) is 14.5. The molecular weight excluding hydrogens is 352 g/mol. The molecule has 2 rings (SSSR count). The molecule has 0 aliphatic heterocycles. The average molecular weight is 376 g/mol. The zero-order valence-corrected chi connectivity index (χ0v) is 15.3. The Morgan fingerprint density at radius 3 is 2.15 bits per heavy atom. The highest BCUT2D eigenvalue weighted by Crippen LogP contribution is 2.12. The first-order valence-electron chi connectivity index (χ1n) is 8.59. The number of rotatable bonds is 11. The molecule has 2 aromatic rings. The van der Waals surface area contributed by atoms with Crippen molar-refractivity contribution in [2.45, 2.75) is 25.7 Å². The number of unbranched alkanes of at least 4 members (excludes halogenated alkanes) is 3. The van der Waals surface area contributed by atoms with Crippen LogP contribution in [0.3, 0.4) is 0 Å². The quantitative estimate of drug-likeness (QED) is 0.519. The summed E-state index contributed by atoms with van der Waals surface area (Å²) in [5, 5.41) is 12.1. The van der Waals surface area contributed by atoms with E-state index >= 15 is 0 Å². The van der Waals surface area contributed by atoms with E-state index in [1.165, 1.54) is 0 Å². The van der Waals surface area contributed by atoms with Crippen molar-refractivity contribution in [1.82, 2.24) is 0 Å². The summed E-state index contributed by atoms with van der Waals surface area (Å²) in [5.74, 6) is -0.820. The minimum absolute atomic E-state index is 0.117. The van der Waals surface area contributed by atoms with Crippen molar-refractivity contribution < 1.29 is 18.3 Å². The Balaban J connectivity index is 1.58. The second-order valence-corrected chi connectivity index (χ2v) is 7.85. The largest absolute Gasteiger partial charge is 0.478 e. The number of sulfonamides is 1. The number of hydrogen-bond donors (Lipinski definition) is 3. The molecule has 0 aliphatic carbocycles. The van der Waals surface area contributed by atoms with Gasteiger partial charge in [-0.15, -0.1) is 0 Å². The van der Waals surface area contributed by atoms with Crippen LogP contribution in [0.25, 0.3) is 0 Å². The van der Waals surface area contributed by atoms with E-state index in [2.05, 4.69) is 10.0 Å². The highest BCUT2D eigenvalue weighted by Gasteiger charge is 2.09. The molecule has 2 aromatic carbocycles. The van der Waals surface area contributed by atoms with E-state index in [0.29, 0.717) is 12.1 Å². The Labute approximate surface area is 154 Å². The number of nitrogens with one attached hydrogen (secondary N) is 2. The van der Waals surface area contributed by atoms with Crippen LogP contribution in [-0.4, -0.2) is 31.8 Å². The van der Waals surface area contributed by atoms with Crippen LogP contribution in [0.4, 0.5) is 11.4 Å². The first-order valence-corrected chi connectivity index (χ1v) is 10.2. The summed E-state index contributed by atoms with van der Waals surface area (Å²) in [5.41, 5.74) is 1.73. The number of anilines is 2. The number of para-hydroxylation sites is 1. The van der Waals surface area contributed by atoms with Gasteiger partial charge >= 0.3 is 5.97 Å². The molecule has 0 aromatic heterocycles. The summed E-state index contributed by atoms with van der Waals surface area (Å²) in [7, 11) is -3.30. The molecule has 0 amide bonds. The smallest absolute Gasteiger partial charge is 0.335 e. The minimum atomic E-state index is -3.30. The second kappa shape index (κ2) is 9.82. The van der Waals surface area contributed by atoms with E-state index in [1.807, 2.05) is 6.07 Å². The molecule has 7 heteroatoms. The summed E-state index contributed by atoms with van der Waals surface area (Å²) >= 11 is 0. The number of carboxylic acids is 1. The van der Waals surface area contributed by atoms with Crippen molar-refractivity contribution in [3.63, 3.8) is 0 Å². The number of aromatic carboxylic acids is 1. The molecule has 0 unspecified atom stereocenters. The van der Waals surface area contributed by atoms with Crippen LogP contribution in [0, 0.1) is 0 Å². The molecule has 0 radical (unpaired) electrons. The lowest BCUT2D eigenvalue weighted by Crippen LogP contribution is -2.16. The van der Waals surface area contributed by atoms with Gasteiger partial charge in [0.2, 0.25) is 10.0 Å². The third-order valence-electron chi connectivity index (χ3n) is 3.85. The number of carboxylic acid groups (broad SMARTS) is 1. The van der Waals surface area contributed by atoms with Gasteiger partial charge in [-0.3, -0.25) is 4.72 Å². The van der Waals surface area contributed by atoms with Crippen molar-refractivity contribution in [3.05, 3.63) is 60.2 Å². The van der Waals surface area contributed by atoms with Gasteiger partial charge in [-0.05, 0) is 49.2 Å². The monoisotopic (exact) mass is 376 g/mol. The normalized spacial score (nSPS) is 11.1. The lowest BCUT2D eigenvalue weighted by atomic mass is 10.2. The number of carbonyl (C=O) groups is 1. The van der Waals surface area contributed by atoms with Crippen molar-refractivity contribution in [3.8, 4) is 0 Å². The Kier molecular flexibility index (Phi) is 7.47. The van der Waals surface area contributed by atoms with Gasteiger partial charge < -0.3 is 10.4 Å². The molecule has 0 spiro atoms. The molecule has 0 saturated heterocycles. The standard InChI is InChI=1S/C19H24N2O4S/c22-19(23)16-10-12-17(13-11-16)20-14-6-1-2-7-15-26(24,25)21-18-8-4-3-5-9-18/h3-5,8-13,20-21H,1-2,6-7,14-15H2,(H,22,23). The van der Waals surface area contributed by atoms with Gasteiger partial charge in [-0.2, -0.15) is 0 Å². The molecule has 26 heavy (non-hydrogen) atoms. The molecule has 6 nitrogen and oxygen atoms in total. The van der Waals surface area contributed by atoms with Crippen molar-refractivity contribution in [2.24, 2.45) is 0 Å². The van der Waals surface area contributed by atoms with E-state index in [-0.39, 0.29) is 11.3 Å². The Bertz CT molecular complexity index is 790. The van der Waals surface area contributed by atoms with Gasteiger partial charge in [0.25, 0.3) is 0 Å². The van der Waals surface area contributed by atoms with E-state index in [4.69, 9.17) is 5.11 Å². The third kappa shape index (κ3) is 7.14. The van der Waals surface area contributed by atoms with E-state index in [0.717, 1.165) is 31.5 Å². The average Bonchev–Trinajstić information content (AvgIpc) is 2.61. The first-order chi connectivity index (χ1) is 12.5. The van der Waals surface area contributed by atoms with Crippen LogP contribution in [0.15, 0.2) is 54.6 Å². The van der Waals surface area contributed by atoms with E-state index in [1.54, 1.807) is 48.5 Å².